The number of aromatic nitrogens is 1. The summed E-state index contributed by atoms with van der Waals surface area (Å²) in [5.74, 6) is 0. The van der Waals surface area contributed by atoms with Crippen molar-refractivity contribution < 1.29 is 0 Å². The second-order valence-corrected chi connectivity index (χ2v) is 6.25. The Labute approximate surface area is 98.6 Å². The highest BCUT2D eigenvalue weighted by Gasteiger charge is 2.05. The molecule has 1 nitrogen and oxygen atoms in total. The topological polar surface area (TPSA) is 12.9 Å². The van der Waals surface area contributed by atoms with E-state index in [1.165, 1.54) is 4.70 Å². The highest BCUT2D eigenvalue weighted by atomic mass is 79.9. The van der Waals surface area contributed by atoms with Crippen LogP contribution in [0.1, 0.15) is 0 Å². The van der Waals surface area contributed by atoms with Crippen LogP contribution < -0.4 is 0 Å². The minimum Gasteiger partial charge on any atom is -0.229 e. The third-order valence-electron chi connectivity index (χ3n) is 1.38. The number of benzene rings is 1. The van der Waals surface area contributed by atoms with Crippen LogP contribution in [0.15, 0.2) is 25.0 Å². The molecule has 0 aliphatic carbocycles. The molecule has 2 aromatic rings. The summed E-state index contributed by atoms with van der Waals surface area (Å²) in [5, 5.41) is 0. The zero-order valence-corrected chi connectivity index (χ0v) is 11.2. The molecule has 0 atom stereocenters. The van der Waals surface area contributed by atoms with Gasteiger partial charge in [-0.25, -0.2) is 4.98 Å². The Morgan fingerprint density at radius 1 is 1.17 bits per heavy atom. The molecular formula is C7H2Br3NS. The summed E-state index contributed by atoms with van der Waals surface area (Å²) in [6.45, 7) is 0. The Morgan fingerprint density at radius 3 is 2.67 bits per heavy atom. The van der Waals surface area contributed by atoms with Gasteiger partial charge < -0.3 is 0 Å². The van der Waals surface area contributed by atoms with Gasteiger partial charge in [-0.15, -0.1) is 11.3 Å². The van der Waals surface area contributed by atoms with E-state index >= 15 is 0 Å². The molecule has 0 fully saturated rings. The summed E-state index contributed by atoms with van der Waals surface area (Å²) < 4.78 is 4.20. The predicted octanol–water partition coefficient (Wildman–Crippen LogP) is 4.58. The molecule has 0 saturated carbocycles. The molecule has 12 heavy (non-hydrogen) atoms. The number of nitrogens with zero attached hydrogens (tertiary/aromatic N) is 1. The Hall–Kier alpha value is 0.550. The van der Waals surface area contributed by atoms with E-state index in [9.17, 15) is 0 Å². The van der Waals surface area contributed by atoms with E-state index in [1.54, 1.807) is 11.3 Å². The van der Waals surface area contributed by atoms with Crippen LogP contribution in [0.25, 0.3) is 10.2 Å². The fourth-order valence-corrected chi connectivity index (χ4v) is 3.73. The van der Waals surface area contributed by atoms with Crippen LogP contribution in [0.5, 0.6) is 0 Å². The van der Waals surface area contributed by atoms with Gasteiger partial charge in [0, 0.05) is 8.95 Å². The zero-order chi connectivity index (χ0) is 8.72. The molecule has 0 bridgehead atoms. The van der Waals surface area contributed by atoms with Crippen molar-refractivity contribution in [3.63, 3.8) is 0 Å². The van der Waals surface area contributed by atoms with Gasteiger partial charge in [-0.2, -0.15) is 0 Å². The van der Waals surface area contributed by atoms with Crippen molar-refractivity contribution in [2.45, 2.75) is 0 Å². The second-order valence-electron chi connectivity index (χ2n) is 2.20. The van der Waals surface area contributed by atoms with E-state index in [1.807, 2.05) is 12.1 Å². The molecule has 5 heteroatoms. The van der Waals surface area contributed by atoms with Crippen LogP contribution in [0.2, 0.25) is 0 Å². The van der Waals surface area contributed by atoms with Gasteiger partial charge in [-0.1, -0.05) is 15.9 Å². The highest BCUT2D eigenvalue weighted by Crippen LogP contribution is 2.34. The highest BCUT2D eigenvalue weighted by molar-refractivity contribution is 9.11. The van der Waals surface area contributed by atoms with E-state index in [0.29, 0.717) is 0 Å². The van der Waals surface area contributed by atoms with Crippen molar-refractivity contribution in [3.8, 4) is 0 Å². The van der Waals surface area contributed by atoms with Crippen LogP contribution in [0, 0.1) is 0 Å². The van der Waals surface area contributed by atoms with Crippen molar-refractivity contribution >= 4 is 69.3 Å². The van der Waals surface area contributed by atoms with Gasteiger partial charge in [-0.3, -0.25) is 0 Å². The average molecular weight is 372 g/mol. The van der Waals surface area contributed by atoms with Crippen molar-refractivity contribution in [3.05, 3.63) is 25.0 Å². The van der Waals surface area contributed by atoms with Crippen molar-refractivity contribution in [2.75, 3.05) is 0 Å². The van der Waals surface area contributed by atoms with Crippen LogP contribution in [0.4, 0.5) is 0 Å². The van der Waals surface area contributed by atoms with Gasteiger partial charge in [-0.05, 0) is 44.0 Å². The first kappa shape index (κ1) is 9.12. The van der Waals surface area contributed by atoms with E-state index in [2.05, 4.69) is 52.8 Å². The van der Waals surface area contributed by atoms with Gasteiger partial charge in [0.1, 0.15) is 0 Å². The van der Waals surface area contributed by atoms with E-state index in [4.69, 9.17) is 0 Å². The molecular weight excluding hydrogens is 370 g/mol. The first-order valence-electron chi connectivity index (χ1n) is 3.08. The Balaban J connectivity index is 2.88. The lowest BCUT2D eigenvalue weighted by Crippen LogP contribution is -1.70. The lowest BCUT2D eigenvalue weighted by molar-refractivity contribution is 1.44. The molecule has 2 rings (SSSR count). The summed E-state index contributed by atoms with van der Waals surface area (Å²) in [4.78, 5) is 4.31. The van der Waals surface area contributed by atoms with Crippen molar-refractivity contribution in [1.29, 1.82) is 0 Å². The fourth-order valence-electron chi connectivity index (χ4n) is 0.933. The van der Waals surface area contributed by atoms with Crippen LogP contribution >= 0.6 is 59.1 Å². The number of thiazole rings is 1. The van der Waals surface area contributed by atoms with Crippen LogP contribution in [-0.2, 0) is 0 Å². The molecule has 0 radical (unpaired) electrons. The predicted molar refractivity (Wildman–Crippen MR) is 62.7 cm³/mol. The van der Waals surface area contributed by atoms with Gasteiger partial charge in [0.05, 0.1) is 10.2 Å². The van der Waals surface area contributed by atoms with E-state index in [-0.39, 0.29) is 0 Å². The molecule has 0 aliphatic rings. The van der Waals surface area contributed by atoms with Crippen LogP contribution in [-0.4, -0.2) is 4.98 Å². The summed E-state index contributed by atoms with van der Waals surface area (Å²) in [6, 6.07) is 4.02. The summed E-state index contributed by atoms with van der Waals surface area (Å²) >= 11 is 11.9. The largest absolute Gasteiger partial charge is 0.229 e. The third kappa shape index (κ3) is 1.60. The standard InChI is InChI=1S/C7H2Br3NS/c8-3-1-4(9)6-5(2-3)11-7(10)12-6/h1-2H. The summed E-state index contributed by atoms with van der Waals surface area (Å²) in [7, 11) is 0. The fraction of sp³-hybridized carbons (Fsp3) is 0. The smallest absolute Gasteiger partial charge is 0.160 e. The molecule has 1 aromatic carbocycles. The molecule has 1 heterocycles. The number of hydrogen-bond acceptors (Lipinski definition) is 2. The lowest BCUT2D eigenvalue weighted by atomic mass is 10.3. The molecule has 0 spiro atoms. The second kappa shape index (κ2) is 3.36. The zero-order valence-electron chi connectivity index (χ0n) is 5.64. The number of hydrogen-bond donors (Lipinski definition) is 0. The Bertz CT molecular complexity index is 437. The number of fused-ring (bicyclic) bond motifs is 1. The third-order valence-corrected chi connectivity index (χ3v) is 4.28. The minimum absolute atomic E-state index is 0.913. The molecule has 0 N–H and O–H groups in total. The normalized spacial score (nSPS) is 10.9. The summed E-state index contributed by atoms with van der Waals surface area (Å²) in [6.07, 6.45) is 0. The molecule has 0 unspecified atom stereocenters. The van der Waals surface area contributed by atoms with Gasteiger partial charge in [0.15, 0.2) is 3.92 Å². The SMILES string of the molecule is Brc1cc(Br)c2sc(Br)nc2c1. The molecule has 0 saturated heterocycles. The molecule has 0 amide bonds. The number of rotatable bonds is 0. The van der Waals surface area contributed by atoms with Crippen molar-refractivity contribution in [2.24, 2.45) is 0 Å². The van der Waals surface area contributed by atoms with Gasteiger partial charge in [0.2, 0.25) is 0 Å². The van der Waals surface area contributed by atoms with E-state index in [0.717, 1.165) is 18.4 Å². The lowest BCUT2D eigenvalue weighted by Gasteiger charge is -1.92. The van der Waals surface area contributed by atoms with E-state index < -0.39 is 0 Å². The summed E-state index contributed by atoms with van der Waals surface area (Å²) in [5.41, 5.74) is 1.01. The monoisotopic (exact) mass is 369 g/mol. The first-order chi connectivity index (χ1) is 5.66. The number of halogens is 3. The maximum Gasteiger partial charge on any atom is 0.160 e. The minimum atomic E-state index is 0.913. The van der Waals surface area contributed by atoms with Crippen LogP contribution in [0.3, 0.4) is 0 Å². The maximum atomic E-state index is 4.31. The molecule has 62 valence electrons. The van der Waals surface area contributed by atoms with Gasteiger partial charge in [0.25, 0.3) is 0 Å². The molecule has 1 aromatic heterocycles. The average Bonchev–Trinajstić information content (AvgIpc) is 2.29. The quantitative estimate of drug-likeness (QED) is 0.660. The van der Waals surface area contributed by atoms with Gasteiger partial charge >= 0.3 is 0 Å². The van der Waals surface area contributed by atoms with Crippen molar-refractivity contribution in [1.82, 2.24) is 4.98 Å². The molecule has 0 aliphatic heterocycles. The Morgan fingerprint density at radius 2 is 1.92 bits per heavy atom. The maximum absolute atomic E-state index is 4.31. The first-order valence-corrected chi connectivity index (χ1v) is 6.27. The Kier molecular flexibility index (Phi) is 2.56.